The Morgan fingerprint density at radius 1 is 0.517 bits per heavy atom. The molecular weight excluding hydrogens is 727 g/mol. The molecule has 0 amide bonds. The molecule has 10 rings (SSSR count). The van der Waals surface area contributed by atoms with Gasteiger partial charge in [0.2, 0.25) is 0 Å². The molecule has 0 bridgehead atoms. The molecule has 3 nitrogen and oxygen atoms in total. The van der Waals surface area contributed by atoms with Crippen LogP contribution in [0.4, 0.5) is 34.1 Å². The maximum Gasteiger partial charge on any atom is 0.297 e. The van der Waals surface area contributed by atoms with Gasteiger partial charge in [-0.05, 0) is 134 Å². The predicted octanol–water partition coefficient (Wildman–Crippen LogP) is 14.1. The van der Waals surface area contributed by atoms with E-state index in [2.05, 4.69) is 200 Å². The average molecular weight is 787 g/mol. The molecular formula is C56H59BN2O. The van der Waals surface area contributed by atoms with Crippen LogP contribution in [0, 0.1) is 0 Å². The lowest BCUT2D eigenvalue weighted by molar-refractivity contribution is 0.444. The van der Waals surface area contributed by atoms with Gasteiger partial charge in [0.15, 0.2) is 0 Å². The van der Waals surface area contributed by atoms with Crippen LogP contribution < -0.4 is 26.4 Å². The summed E-state index contributed by atoms with van der Waals surface area (Å²) in [7, 11) is 0. The molecule has 7 aromatic rings. The molecule has 302 valence electrons. The highest BCUT2D eigenvalue weighted by Gasteiger charge is 2.47. The van der Waals surface area contributed by atoms with E-state index in [1.807, 2.05) is 0 Å². The van der Waals surface area contributed by atoms with Gasteiger partial charge in [-0.3, -0.25) is 0 Å². The first-order valence-electron chi connectivity index (χ1n) is 22.4. The van der Waals surface area contributed by atoms with Crippen molar-refractivity contribution in [3.8, 4) is 11.1 Å². The minimum absolute atomic E-state index is 0.0157. The number of hydrogen-bond acceptors (Lipinski definition) is 3. The molecule has 4 heteroatoms. The molecule has 60 heavy (non-hydrogen) atoms. The second-order valence-electron chi connectivity index (χ2n) is 20.9. The summed E-state index contributed by atoms with van der Waals surface area (Å²) < 4.78 is 7.19. The molecule has 0 N–H and O–H groups in total. The number of rotatable bonds is 4. The highest BCUT2D eigenvalue weighted by molar-refractivity contribution is 7.00. The van der Waals surface area contributed by atoms with E-state index in [4.69, 9.17) is 4.42 Å². The number of para-hydroxylation sites is 1. The second kappa shape index (κ2) is 14.0. The van der Waals surface area contributed by atoms with Gasteiger partial charge in [0.05, 0.1) is 11.3 Å². The van der Waals surface area contributed by atoms with Crippen LogP contribution in [0.15, 0.2) is 132 Å². The van der Waals surface area contributed by atoms with Gasteiger partial charge in [-0.2, -0.15) is 0 Å². The van der Waals surface area contributed by atoms with Crippen molar-refractivity contribution in [2.45, 2.75) is 117 Å². The van der Waals surface area contributed by atoms with E-state index in [0.717, 1.165) is 28.0 Å². The fraction of sp³-hybridized carbons (Fsp3) is 0.321. The van der Waals surface area contributed by atoms with E-state index in [1.165, 1.54) is 99.2 Å². The monoisotopic (exact) mass is 786 g/mol. The van der Waals surface area contributed by atoms with Crippen molar-refractivity contribution in [2.75, 3.05) is 9.80 Å². The van der Waals surface area contributed by atoms with Gasteiger partial charge in [-0.25, -0.2) is 0 Å². The minimum atomic E-state index is -0.0729. The molecule has 0 atom stereocenters. The Bertz CT molecular complexity index is 2750. The zero-order chi connectivity index (χ0) is 41.7. The van der Waals surface area contributed by atoms with Gasteiger partial charge in [-0.15, -0.1) is 0 Å². The lowest BCUT2D eigenvalue weighted by Crippen LogP contribution is -2.61. The third kappa shape index (κ3) is 6.49. The Hall–Kier alpha value is -5.48. The van der Waals surface area contributed by atoms with Gasteiger partial charge < -0.3 is 14.2 Å². The molecule has 1 saturated carbocycles. The summed E-state index contributed by atoms with van der Waals surface area (Å²) in [5, 5.41) is 1.15. The maximum absolute atomic E-state index is 7.19. The van der Waals surface area contributed by atoms with E-state index in [9.17, 15) is 0 Å². The minimum Gasteiger partial charge on any atom is -0.468 e. The molecule has 0 spiro atoms. The molecule has 0 unspecified atom stereocenters. The SMILES string of the molecule is CC(C)(C)c1ccc(-c2cccc(N3c4cc(C5CCCCC5)cc5c4B(c4ccc(C(C)(C)C)cc4N5c4ccc(C(C)(C)C)cc4)c4oc5ccccc5c43)c2)cc1. The zero-order valence-corrected chi connectivity index (χ0v) is 37.1. The van der Waals surface area contributed by atoms with Crippen molar-refractivity contribution in [1.82, 2.24) is 0 Å². The van der Waals surface area contributed by atoms with Crippen LogP contribution in [-0.4, -0.2) is 6.71 Å². The maximum atomic E-state index is 7.19. The van der Waals surface area contributed by atoms with Gasteiger partial charge in [-0.1, -0.05) is 154 Å². The van der Waals surface area contributed by atoms with Crippen LogP contribution in [0.1, 0.15) is 123 Å². The summed E-state index contributed by atoms with van der Waals surface area (Å²) >= 11 is 0. The Kier molecular flexibility index (Phi) is 9.06. The Morgan fingerprint density at radius 2 is 1.13 bits per heavy atom. The van der Waals surface area contributed by atoms with Gasteiger partial charge in [0.25, 0.3) is 6.71 Å². The van der Waals surface area contributed by atoms with Gasteiger partial charge in [0, 0.05) is 33.8 Å². The highest BCUT2D eigenvalue weighted by atomic mass is 16.3. The van der Waals surface area contributed by atoms with E-state index in [0.29, 0.717) is 5.92 Å². The summed E-state index contributed by atoms with van der Waals surface area (Å²) in [5.74, 6) is 0.517. The molecule has 3 aliphatic rings. The van der Waals surface area contributed by atoms with Crippen LogP contribution in [0.3, 0.4) is 0 Å². The standard InChI is InChI=1S/C56H59BN2O/c1-54(2,3)40-24-22-37(23-25-40)38-18-15-19-44(32-38)59-49-34-39(36-16-11-10-12-17-36)33-48-51(49)57(53-52(59)45-20-13-14-21-50(45)60-53)46-31-28-42(56(7,8)9)35-47(46)58(48)43-29-26-41(27-30-43)55(4,5)6/h13-15,18-36H,10-12,16-17H2,1-9H3. The number of furan rings is 1. The van der Waals surface area contributed by atoms with Crippen molar-refractivity contribution < 1.29 is 4.42 Å². The fourth-order valence-electron chi connectivity index (χ4n) is 10.2. The van der Waals surface area contributed by atoms with E-state index in [1.54, 1.807) is 0 Å². The van der Waals surface area contributed by atoms with Gasteiger partial charge >= 0.3 is 0 Å². The first-order chi connectivity index (χ1) is 28.6. The number of nitrogens with zero attached hydrogens (tertiary/aromatic N) is 2. The number of hydrogen-bond donors (Lipinski definition) is 0. The number of benzene rings is 6. The molecule has 6 aromatic carbocycles. The topological polar surface area (TPSA) is 19.6 Å². The Balaban J connectivity index is 1.27. The molecule has 0 radical (unpaired) electrons. The van der Waals surface area contributed by atoms with E-state index >= 15 is 0 Å². The summed E-state index contributed by atoms with van der Waals surface area (Å²) in [4.78, 5) is 5.16. The van der Waals surface area contributed by atoms with Crippen LogP contribution in [0.5, 0.6) is 0 Å². The van der Waals surface area contributed by atoms with Crippen molar-refractivity contribution in [2.24, 2.45) is 0 Å². The van der Waals surface area contributed by atoms with Crippen molar-refractivity contribution >= 4 is 68.4 Å². The normalized spacial score (nSPS) is 15.6. The summed E-state index contributed by atoms with van der Waals surface area (Å²) in [6.45, 7) is 20.7. The molecule has 1 fully saturated rings. The second-order valence-corrected chi connectivity index (χ2v) is 20.9. The lowest BCUT2D eigenvalue weighted by atomic mass is 9.35. The summed E-state index contributed by atoms with van der Waals surface area (Å²) in [6.07, 6.45) is 6.35. The molecule has 1 aromatic heterocycles. The third-order valence-corrected chi connectivity index (χ3v) is 13.7. The van der Waals surface area contributed by atoms with Crippen molar-refractivity contribution in [3.05, 3.63) is 150 Å². The number of fused-ring (bicyclic) bond motifs is 6. The Morgan fingerprint density at radius 3 is 1.80 bits per heavy atom. The van der Waals surface area contributed by atoms with Gasteiger partial charge in [0.1, 0.15) is 5.58 Å². The first kappa shape index (κ1) is 38.7. The van der Waals surface area contributed by atoms with E-state index < -0.39 is 0 Å². The summed E-state index contributed by atoms with van der Waals surface area (Å²) in [6, 6.07) is 48.8. The molecule has 1 aliphatic carbocycles. The molecule has 3 heterocycles. The summed E-state index contributed by atoms with van der Waals surface area (Å²) in [5.41, 5.74) is 19.9. The lowest BCUT2D eigenvalue weighted by Gasteiger charge is -2.43. The largest absolute Gasteiger partial charge is 0.468 e. The Labute approximate surface area is 358 Å². The van der Waals surface area contributed by atoms with Crippen LogP contribution in [0.25, 0.3) is 22.1 Å². The van der Waals surface area contributed by atoms with Crippen LogP contribution in [-0.2, 0) is 16.2 Å². The fourth-order valence-corrected chi connectivity index (χ4v) is 10.2. The first-order valence-corrected chi connectivity index (χ1v) is 22.4. The van der Waals surface area contributed by atoms with Crippen molar-refractivity contribution in [3.63, 3.8) is 0 Å². The van der Waals surface area contributed by atoms with E-state index in [-0.39, 0.29) is 23.0 Å². The zero-order valence-electron chi connectivity index (χ0n) is 37.1. The van der Waals surface area contributed by atoms with Crippen LogP contribution in [0.2, 0.25) is 0 Å². The van der Waals surface area contributed by atoms with Crippen LogP contribution >= 0.6 is 0 Å². The quantitative estimate of drug-likeness (QED) is 0.166. The predicted molar refractivity (Wildman–Crippen MR) is 258 cm³/mol. The highest BCUT2D eigenvalue weighted by Crippen LogP contribution is 2.49. The number of anilines is 6. The molecule has 0 saturated heterocycles. The smallest absolute Gasteiger partial charge is 0.297 e. The third-order valence-electron chi connectivity index (χ3n) is 13.7. The molecule has 2 aliphatic heterocycles. The van der Waals surface area contributed by atoms with Crippen molar-refractivity contribution in [1.29, 1.82) is 0 Å². The average Bonchev–Trinajstić information content (AvgIpc) is 3.62.